The Morgan fingerprint density at radius 3 is 2.68 bits per heavy atom. The summed E-state index contributed by atoms with van der Waals surface area (Å²) in [6.45, 7) is 1.68. The number of anilines is 1. The van der Waals surface area contributed by atoms with E-state index in [0.29, 0.717) is 20.4 Å². The van der Waals surface area contributed by atoms with Crippen LogP contribution in [0.2, 0.25) is 10.0 Å². The molecule has 1 unspecified atom stereocenters. The van der Waals surface area contributed by atoms with Gasteiger partial charge in [0.15, 0.2) is 6.10 Å². The molecule has 3 nitrogen and oxygen atoms in total. The highest BCUT2D eigenvalue weighted by Gasteiger charge is 2.20. The molecule has 25 heavy (non-hydrogen) atoms. The Balaban J connectivity index is 1.65. The number of nitrogens with one attached hydrogen (secondary N) is 1. The minimum Gasteiger partial charge on any atom is -0.479 e. The van der Waals surface area contributed by atoms with Gasteiger partial charge in [0.25, 0.3) is 5.91 Å². The number of halogens is 2. The van der Waals surface area contributed by atoms with Gasteiger partial charge in [0.2, 0.25) is 0 Å². The van der Waals surface area contributed by atoms with Crippen LogP contribution in [0.1, 0.15) is 17.1 Å². The van der Waals surface area contributed by atoms with Crippen molar-refractivity contribution in [3.05, 3.63) is 58.1 Å². The second-order valence-corrected chi connectivity index (χ2v) is 9.01. The number of benzene rings is 2. The molecule has 1 amide bonds. The fraction of sp³-hybridized carbons (Fsp3) is 0.278. The molecular formula is C18H17Cl2NO2S2. The van der Waals surface area contributed by atoms with Gasteiger partial charge in [-0.2, -0.15) is 0 Å². The normalized spacial score (nSPS) is 15.8. The molecule has 0 radical (unpaired) electrons. The van der Waals surface area contributed by atoms with Crippen LogP contribution in [0, 0.1) is 0 Å². The third-order valence-corrected chi connectivity index (χ3v) is 7.54. The molecule has 1 atom stereocenters. The van der Waals surface area contributed by atoms with E-state index in [9.17, 15) is 4.79 Å². The van der Waals surface area contributed by atoms with Crippen LogP contribution >= 0.6 is 46.7 Å². The van der Waals surface area contributed by atoms with Crippen LogP contribution in [-0.4, -0.2) is 23.5 Å². The summed E-state index contributed by atoms with van der Waals surface area (Å²) in [5.41, 5.74) is 1.99. The second-order valence-electron chi connectivity index (χ2n) is 5.50. The number of carbonyl (C=O) groups excluding carboxylic acids is 1. The van der Waals surface area contributed by atoms with Crippen LogP contribution in [0.4, 0.5) is 5.69 Å². The Labute approximate surface area is 165 Å². The molecule has 3 rings (SSSR count). The molecule has 7 heteroatoms. The lowest BCUT2D eigenvalue weighted by molar-refractivity contribution is -0.122. The molecule has 1 aliphatic heterocycles. The highest BCUT2D eigenvalue weighted by Crippen LogP contribution is 2.45. The van der Waals surface area contributed by atoms with Crippen molar-refractivity contribution in [1.29, 1.82) is 0 Å². The van der Waals surface area contributed by atoms with E-state index in [0.717, 1.165) is 17.2 Å². The molecule has 1 heterocycles. The molecule has 132 valence electrons. The van der Waals surface area contributed by atoms with Crippen molar-refractivity contribution in [3.8, 4) is 5.75 Å². The van der Waals surface area contributed by atoms with Gasteiger partial charge in [-0.3, -0.25) is 4.79 Å². The molecule has 2 aromatic carbocycles. The van der Waals surface area contributed by atoms with Crippen LogP contribution in [0.25, 0.3) is 0 Å². The maximum atomic E-state index is 12.4. The largest absolute Gasteiger partial charge is 0.479 e. The summed E-state index contributed by atoms with van der Waals surface area (Å²) in [5.74, 6) is 2.48. The lowest BCUT2D eigenvalue weighted by atomic mass is 10.2. The van der Waals surface area contributed by atoms with Crippen molar-refractivity contribution < 1.29 is 9.53 Å². The lowest BCUT2D eigenvalue weighted by Crippen LogP contribution is -2.30. The quantitative estimate of drug-likeness (QED) is 0.663. The van der Waals surface area contributed by atoms with E-state index < -0.39 is 6.10 Å². The van der Waals surface area contributed by atoms with Crippen molar-refractivity contribution in [2.75, 3.05) is 16.8 Å². The first-order chi connectivity index (χ1) is 12.0. The van der Waals surface area contributed by atoms with Crippen molar-refractivity contribution in [1.82, 2.24) is 0 Å². The Kier molecular flexibility index (Phi) is 6.44. The summed E-state index contributed by atoms with van der Waals surface area (Å²) in [5, 5.41) is 3.60. The third kappa shape index (κ3) is 4.79. The molecule has 0 aliphatic carbocycles. The predicted molar refractivity (Wildman–Crippen MR) is 109 cm³/mol. The number of rotatable bonds is 5. The van der Waals surface area contributed by atoms with Gasteiger partial charge >= 0.3 is 0 Å². The molecule has 0 saturated carbocycles. The van der Waals surface area contributed by atoms with Gasteiger partial charge in [-0.25, -0.2) is 0 Å². The number of hydrogen-bond acceptors (Lipinski definition) is 4. The SMILES string of the molecule is CC(Oc1cccc(Cl)c1Cl)C(=O)Nc1cccc(C2SCCS2)c1. The molecule has 0 bridgehead atoms. The van der Waals surface area contributed by atoms with Crippen LogP contribution in [0.15, 0.2) is 42.5 Å². The van der Waals surface area contributed by atoms with Gasteiger partial charge in [-0.05, 0) is 36.8 Å². The minimum absolute atomic E-state index is 0.236. The Morgan fingerprint density at radius 1 is 1.20 bits per heavy atom. The first kappa shape index (κ1) is 18.8. The Hall–Kier alpha value is -1.01. The van der Waals surface area contributed by atoms with Gasteiger partial charge < -0.3 is 10.1 Å². The summed E-state index contributed by atoms with van der Waals surface area (Å²) >= 11 is 15.9. The zero-order valence-electron chi connectivity index (χ0n) is 13.5. The average molecular weight is 414 g/mol. The van der Waals surface area contributed by atoms with Crippen LogP contribution in [0.3, 0.4) is 0 Å². The van der Waals surface area contributed by atoms with Crippen LogP contribution < -0.4 is 10.1 Å². The number of amides is 1. The zero-order valence-corrected chi connectivity index (χ0v) is 16.6. The van der Waals surface area contributed by atoms with E-state index in [1.54, 1.807) is 25.1 Å². The summed E-state index contributed by atoms with van der Waals surface area (Å²) in [7, 11) is 0. The first-order valence-corrected chi connectivity index (χ1v) is 10.6. The summed E-state index contributed by atoms with van der Waals surface area (Å²) < 4.78 is 6.09. The fourth-order valence-electron chi connectivity index (χ4n) is 2.38. The standard InChI is InChI=1S/C18H17Cl2NO2S2/c1-11(23-15-7-3-6-14(19)16(15)20)17(22)21-13-5-2-4-12(10-13)18-24-8-9-25-18/h2-7,10-11,18H,8-9H2,1H3,(H,21,22). The first-order valence-electron chi connectivity index (χ1n) is 7.79. The van der Waals surface area contributed by atoms with E-state index in [4.69, 9.17) is 27.9 Å². The molecule has 2 aromatic rings. The van der Waals surface area contributed by atoms with Crippen LogP contribution in [-0.2, 0) is 4.79 Å². The molecule has 1 aliphatic rings. The Morgan fingerprint density at radius 2 is 1.92 bits per heavy atom. The molecule has 0 aromatic heterocycles. The average Bonchev–Trinajstić information content (AvgIpc) is 3.14. The van der Waals surface area contributed by atoms with Gasteiger partial charge in [0, 0.05) is 17.2 Å². The van der Waals surface area contributed by atoms with Gasteiger partial charge in [-0.1, -0.05) is 41.4 Å². The number of carbonyl (C=O) groups is 1. The number of hydrogen-bond donors (Lipinski definition) is 1. The highest BCUT2D eigenvalue weighted by atomic mass is 35.5. The van der Waals surface area contributed by atoms with Gasteiger partial charge in [0.05, 0.1) is 9.60 Å². The molecule has 1 N–H and O–H groups in total. The van der Waals surface area contributed by atoms with Crippen molar-refractivity contribution >= 4 is 58.3 Å². The monoisotopic (exact) mass is 413 g/mol. The minimum atomic E-state index is -0.699. The number of ether oxygens (including phenoxy) is 1. The van der Waals surface area contributed by atoms with Crippen LogP contribution in [0.5, 0.6) is 5.75 Å². The second kappa shape index (κ2) is 8.58. The lowest BCUT2D eigenvalue weighted by Gasteiger charge is -2.17. The topological polar surface area (TPSA) is 38.3 Å². The molecule has 1 saturated heterocycles. The molecule has 0 spiro atoms. The predicted octanol–water partition coefficient (Wildman–Crippen LogP) is 5.88. The number of thioether (sulfide) groups is 2. The van der Waals surface area contributed by atoms with E-state index in [-0.39, 0.29) is 5.91 Å². The summed E-state index contributed by atoms with van der Waals surface area (Å²) in [6.07, 6.45) is -0.699. The molecule has 1 fully saturated rings. The maximum absolute atomic E-state index is 12.4. The smallest absolute Gasteiger partial charge is 0.265 e. The summed E-state index contributed by atoms with van der Waals surface area (Å²) in [4.78, 5) is 12.4. The fourth-order valence-corrected chi connectivity index (χ4v) is 5.55. The zero-order chi connectivity index (χ0) is 17.8. The van der Waals surface area contributed by atoms with E-state index in [1.807, 2.05) is 41.7 Å². The third-order valence-electron chi connectivity index (χ3n) is 3.64. The van der Waals surface area contributed by atoms with Crippen molar-refractivity contribution in [3.63, 3.8) is 0 Å². The highest BCUT2D eigenvalue weighted by molar-refractivity contribution is 8.19. The Bertz CT molecular complexity index is 766. The van der Waals surface area contributed by atoms with E-state index >= 15 is 0 Å². The van der Waals surface area contributed by atoms with Crippen molar-refractivity contribution in [2.24, 2.45) is 0 Å². The maximum Gasteiger partial charge on any atom is 0.265 e. The van der Waals surface area contributed by atoms with Gasteiger partial charge in [-0.15, -0.1) is 23.5 Å². The van der Waals surface area contributed by atoms with Gasteiger partial charge in [0.1, 0.15) is 10.8 Å². The van der Waals surface area contributed by atoms with Crippen molar-refractivity contribution in [2.45, 2.75) is 17.6 Å². The molecular weight excluding hydrogens is 397 g/mol. The summed E-state index contributed by atoms with van der Waals surface area (Å²) in [6, 6.07) is 13.0. The van der Waals surface area contributed by atoms with E-state index in [1.165, 1.54) is 5.56 Å². The van der Waals surface area contributed by atoms with E-state index in [2.05, 4.69) is 11.4 Å².